The van der Waals surface area contributed by atoms with E-state index in [9.17, 15) is 9.18 Å². The first kappa shape index (κ1) is 15.4. The molecule has 3 heterocycles. The van der Waals surface area contributed by atoms with Gasteiger partial charge in [-0.15, -0.1) is 0 Å². The van der Waals surface area contributed by atoms with Gasteiger partial charge in [-0.3, -0.25) is 9.78 Å². The lowest BCUT2D eigenvalue weighted by molar-refractivity contribution is 0.0906. The van der Waals surface area contributed by atoms with Crippen LogP contribution in [0.1, 0.15) is 16.1 Å². The lowest BCUT2D eigenvalue weighted by Crippen LogP contribution is -2.34. The Morgan fingerprint density at radius 1 is 1.32 bits per heavy atom. The average molecular weight is 338 g/mol. The fourth-order valence-corrected chi connectivity index (χ4v) is 2.95. The molecule has 0 saturated carbocycles. The van der Waals surface area contributed by atoms with Crippen molar-refractivity contribution in [1.29, 1.82) is 0 Å². The number of rotatable bonds is 4. The number of pyridine rings is 1. The van der Waals surface area contributed by atoms with Gasteiger partial charge in [0, 0.05) is 35.5 Å². The molecule has 4 rings (SSSR count). The zero-order valence-electron chi connectivity index (χ0n) is 13.2. The van der Waals surface area contributed by atoms with Crippen molar-refractivity contribution in [3.8, 4) is 16.9 Å². The molecule has 0 fully saturated rings. The molecule has 1 aliphatic heterocycles. The minimum atomic E-state index is -0.318. The Labute approximate surface area is 143 Å². The zero-order valence-corrected chi connectivity index (χ0v) is 13.2. The maximum atomic E-state index is 14.0. The van der Waals surface area contributed by atoms with Crippen molar-refractivity contribution in [1.82, 2.24) is 10.3 Å². The first-order valence-corrected chi connectivity index (χ1v) is 7.92. The van der Waals surface area contributed by atoms with Gasteiger partial charge in [-0.25, -0.2) is 4.39 Å². The minimum absolute atomic E-state index is 0.248. The van der Waals surface area contributed by atoms with E-state index in [2.05, 4.69) is 10.3 Å². The van der Waals surface area contributed by atoms with Gasteiger partial charge in [0.15, 0.2) is 5.76 Å². The number of carbonyl (C=O) groups is 1. The van der Waals surface area contributed by atoms with Gasteiger partial charge >= 0.3 is 0 Å². The molecular formula is C19H15FN2O3. The molecule has 0 aliphatic carbocycles. The molecule has 1 aromatic carbocycles. The number of ether oxygens (including phenoxy) is 1. The van der Waals surface area contributed by atoms with Gasteiger partial charge in [0.25, 0.3) is 5.91 Å². The van der Waals surface area contributed by atoms with Crippen LogP contribution in [-0.4, -0.2) is 23.5 Å². The fraction of sp³-hybridized carbons (Fsp3) is 0.158. The van der Waals surface area contributed by atoms with E-state index in [-0.39, 0.29) is 23.6 Å². The molecular weight excluding hydrogens is 323 g/mol. The molecule has 5 nitrogen and oxygen atoms in total. The van der Waals surface area contributed by atoms with Crippen molar-refractivity contribution in [2.45, 2.75) is 12.5 Å². The van der Waals surface area contributed by atoms with Crippen LogP contribution < -0.4 is 10.1 Å². The lowest BCUT2D eigenvalue weighted by Gasteiger charge is -2.13. The van der Waals surface area contributed by atoms with Crippen LogP contribution in [0.5, 0.6) is 5.75 Å². The van der Waals surface area contributed by atoms with E-state index >= 15 is 0 Å². The highest BCUT2D eigenvalue weighted by Gasteiger charge is 2.27. The van der Waals surface area contributed by atoms with Crippen molar-refractivity contribution in [3.05, 3.63) is 72.2 Å². The van der Waals surface area contributed by atoms with Gasteiger partial charge in [-0.1, -0.05) is 6.07 Å². The molecule has 6 heteroatoms. The number of carbonyl (C=O) groups excluding carboxylic acids is 1. The maximum absolute atomic E-state index is 14.0. The largest absolute Gasteiger partial charge is 0.487 e. The number of fused-ring (bicyclic) bond motifs is 1. The highest BCUT2D eigenvalue weighted by Crippen LogP contribution is 2.39. The number of hydrogen-bond acceptors (Lipinski definition) is 4. The number of benzene rings is 1. The molecule has 0 radical (unpaired) electrons. The normalized spacial score (nSPS) is 15.5. The Morgan fingerprint density at radius 3 is 3.00 bits per heavy atom. The second-order valence-corrected chi connectivity index (χ2v) is 5.81. The predicted octanol–water partition coefficient (Wildman–Crippen LogP) is 3.21. The molecule has 25 heavy (non-hydrogen) atoms. The Kier molecular flexibility index (Phi) is 3.93. The zero-order chi connectivity index (χ0) is 17.2. The summed E-state index contributed by atoms with van der Waals surface area (Å²) >= 11 is 0. The summed E-state index contributed by atoms with van der Waals surface area (Å²) in [5, 5.41) is 2.77. The van der Waals surface area contributed by atoms with E-state index in [1.165, 1.54) is 18.4 Å². The van der Waals surface area contributed by atoms with E-state index in [0.29, 0.717) is 24.3 Å². The van der Waals surface area contributed by atoms with Gasteiger partial charge in [0.05, 0.1) is 12.8 Å². The molecule has 0 bridgehead atoms. The van der Waals surface area contributed by atoms with Gasteiger partial charge in [-0.05, 0) is 30.3 Å². The third-order valence-electron chi connectivity index (χ3n) is 4.07. The highest BCUT2D eigenvalue weighted by atomic mass is 19.1. The lowest BCUT2D eigenvalue weighted by atomic mass is 10.0. The molecule has 0 spiro atoms. The van der Waals surface area contributed by atoms with Crippen LogP contribution in [0.4, 0.5) is 4.39 Å². The summed E-state index contributed by atoms with van der Waals surface area (Å²) in [7, 11) is 0. The molecule has 1 atom stereocenters. The minimum Gasteiger partial charge on any atom is -0.487 e. The first-order valence-electron chi connectivity index (χ1n) is 7.92. The van der Waals surface area contributed by atoms with Gasteiger partial charge in [0.2, 0.25) is 0 Å². The second kappa shape index (κ2) is 6.39. The molecule has 2 aromatic heterocycles. The van der Waals surface area contributed by atoms with Crippen LogP contribution >= 0.6 is 0 Å². The van der Waals surface area contributed by atoms with E-state index < -0.39 is 0 Å². The standard InChI is InChI=1S/C19H15FN2O3/c20-14-7-13-8-15(11-22-19(23)17-4-2-6-24-17)25-18(13)16(9-14)12-3-1-5-21-10-12/h1-7,9-10,15H,8,11H2,(H,22,23). The summed E-state index contributed by atoms with van der Waals surface area (Å²) in [6.07, 6.45) is 5.05. The molecule has 126 valence electrons. The summed E-state index contributed by atoms with van der Waals surface area (Å²) in [6.45, 7) is 0.308. The van der Waals surface area contributed by atoms with Crippen molar-refractivity contribution >= 4 is 5.91 Å². The third-order valence-corrected chi connectivity index (χ3v) is 4.07. The van der Waals surface area contributed by atoms with Crippen molar-refractivity contribution in [3.63, 3.8) is 0 Å². The SMILES string of the molecule is O=C(NCC1Cc2cc(F)cc(-c3cccnc3)c2O1)c1ccco1. The van der Waals surface area contributed by atoms with Gasteiger partial charge < -0.3 is 14.5 Å². The van der Waals surface area contributed by atoms with Crippen molar-refractivity contribution in [2.75, 3.05) is 6.54 Å². The summed E-state index contributed by atoms with van der Waals surface area (Å²) in [6, 6.07) is 9.82. The van der Waals surface area contributed by atoms with Crippen LogP contribution in [-0.2, 0) is 6.42 Å². The molecule has 1 unspecified atom stereocenters. The number of aromatic nitrogens is 1. The summed E-state index contributed by atoms with van der Waals surface area (Å²) < 4.78 is 25.0. The topological polar surface area (TPSA) is 64.4 Å². The van der Waals surface area contributed by atoms with E-state index in [1.807, 2.05) is 6.07 Å². The monoisotopic (exact) mass is 338 g/mol. The third kappa shape index (κ3) is 3.10. The van der Waals surface area contributed by atoms with E-state index in [0.717, 1.165) is 11.1 Å². The van der Waals surface area contributed by atoms with Crippen LogP contribution in [0.15, 0.2) is 59.5 Å². The number of furan rings is 1. The van der Waals surface area contributed by atoms with Crippen LogP contribution in [0.25, 0.3) is 11.1 Å². The summed E-state index contributed by atoms with van der Waals surface area (Å²) in [5.74, 6) is 0.272. The van der Waals surface area contributed by atoms with Gasteiger partial charge in [-0.2, -0.15) is 0 Å². The molecule has 3 aromatic rings. The maximum Gasteiger partial charge on any atom is 0.287 e. The Bertz CT molecular complexity index is 895. The first-order chi connectivity index (χ1) is 12.2. The highest BCUT2D eigenvalue weighted by molar-refractivity contribution is 5.91. The predicted molar refractivity (Wildman–Crippen MR) is 88.8 cm³/mol. The Hall–Kier alpha value is -3.15. The summed E-state index contributed by atoms with van der Waals surface area (Å²) in [5.41, 5.74) is 2.25. The van der Waals surface area contributed by atoms with Crippen molar-refractivity contribution < 1.29 is 18.3 Å². The van der Waals surface area contributed by atoms with Crippen LogP contribution in [0.2, 0.25) is 0 Å². The van der Waals surface area contributed by atoms with Crippen LogP contribution in [0.3, 0.4) is 0 Å². The molecule has 1 aliphatic rings. The number of halogens is 1. The second-order valence-electron chi connectivity index (χ2n) is 5.81. The molecule has 1 amide bonds. The summed E-state index contributed by atoms with van der Waals surface area (Å²) in [4.78, 5) is 16.0. The smallest absolute Gasteiger partial charge is 0.287 e. The number of nitrogens with zero attached hydrogens (tertiary/aromatic N) is 1. The van der Waals surface area contributed by atoms with E-state index in [1.54, 1.807) is 30.6 Å². The van der Waals surface area contributed by atoms with E-state index in [4.69, 9.17) is 9.15 Å². The number of nitrogens with one attached hydrogen (secondary N) is 1. The number of amides is 1. The average Bonchev–Trinajstić information content (AvgIpc) is 3.29. The molecule has 0 saturated heterocycles. The van der Waals surface area contributed by atoms with Crippen LogP contribution in [0, 0.1) is 5.82 Å². The quantitative estimate of drug-likeness (QED) is 0.793. The Morgan fingerprint density at radius 2 is 2.24 bits per heavy atom. The van der Waals surface area contributed by atoms with Gasteiger partial charge in [0.1, 0.15) is 17.7 Å². The fourth-order valence-electron chi connectivity index (χ4n) is 2.95. The van der Waals surface area contributed by atoms with Crippen molar-refractivity contribution in [2.24, 2.45) is 0 Å². The Balaban J connectivity index is 1.51. The molecule has 1 N–H and O–H groups in total. The number of hydrogen-bond donors (Lipinski definition) is 1.